The first-order valence-corrected chi connectivity index (χ1v) is 9.19. The number of hydrogen-bond donors (Lipinski definition) is 2. The maximum absolute atomic E-state index is 11.7. The van der Waals surface area contributed by atoms with E-state index in [9.17, 15) is 24.5 Å². The number of carbonyl (C=O) groups is 3. The van der Waals surface area contributed by atoms with E-state index in [1.54, 1.807) is 30.3 Å². The molecule has 0 fully saturated rings. The van der Waals surface area contributed by atoms with E-state index >= 15 is 0 Å². The minimum Gasteiger partial charge on any atom is -0.484 e. The third kappa shape index (κ3) is 7.72. The van der Waals surface area contributed by atoms with Crippen LogP contribution >= 0.6 is 15.9 Å². The summed E-state index contributed by atoms with van der Waals surface area (Å²) in [6, 6.07) is 12.6. The second kappa shape index (κ2) is 11.3. The Morgan fingerprint density at radius 3 is 2.30 bits per heavy atom. The van der Waals surface area contributed by atoms with Gasteiger partial charge in [0.2, 0.25) is 0 Å². The minimum atomic E-state index is -0.881. The van der Waals surface area contributed by atoms with E-state index in [0.29, 0.717) is 5.75 Å². The maximum Gasteiger partial charge on any atom is 0.331 e. The van der Waals surface area contributed by atoms with Crippen molar-refractivity contribution in [3.05, 3.63) is 74.8 Å². The number of rotatable bonds is 8. The average Bonchev–Trinajstić information content (AvgIpc) is 2.74. The summed E-state index contributed by atoms with van der Waals surface area (Å²) in [6.07, 6.45) is 2.17. The molecule has 0 aliphatic carbocycles. The van der Waals surface area contributed by atoms with Gasteiger partial charge in [-0.05, 0) is 36.4 Å². The lowest BCUT2D eigenvalue weighted by Crippen LogP contribution is -2.45. The number of halogens is 1. The van der Waals surface area contributed by atoms with Crippen molar-refractivity contribution < 1.29 is 28.8 Å². The van der Waals surface area contributed by atoms with Crippen molar-refractivity contribution in [3.8, 4) is 5.75 Å². The largest absolute Gasteiger partial charge is 0.484 e. The Hall–Kier alpha value is -3.73. The fraction of sp³-hybridized carbons (Fsp3) is 0.105. The Morgan fingerprint density at radius 2 is 1.63 bits per heavy atom. The lowest BCUT2D eigenvalue weighted by Gasteiger charge is -2.09. The van der Waals surface area contributed by atoms with E-state index in [1.807, 2.05) is 0 Å². The molecule has 0 aliphatic heterocycles. The second-order valence-electron chi connectivity index (χ2n) is 5.60. The monoisotopic (exact) mass is 477 g/mol. The third-order valence-electron chi connectivity index (χ3n) is 3.40. The number of para-hydroxylation sites is 1. The van der Waals surface area contributed by atoms with Crippen LogP contribution in [0, 0.1) is 10.1 Å². The van der Waals surface area contributed by atoms with Crippen LogP contribution in [0.1, 0.15) is 5.56 Å². The molecule has 156 valence electrons. The van der Waals surface area contributed by atoms with Crippen LogP contribution in [0.25, 0.3) is 6.08 Å². The fourth-order valence-corrected chi connectivity index (χ4v) is 2.29. The van der Waals surface area contributed by atoms with Gasteiger partial charge in [0.05, 0.1) is 10.5 Å². The van der Waals surface area contributed by atoms with Gasteiger partial charge in [-0.3, -0.25) is 30.6 Å². The number of hydrogen-bond acceptors (Lipinski definition) is 7. The van der Waals surface area contributed by atoms with Crippen LogP contribution in [-0.4, -0.2) is 35.9 Å². The Morgan fingerprint density at radius 1 is 1.00 bits per heavy atom. The molecule has 30 heavy (non-hydrogen) atoms. The van der Waals surface area contributed by atoms with Gasteiger partial charge in [0.15, 0.2) is 13.2 Å². The van der Waals surface area contributed by atoms with Crippen molar-refractivity contribution in [1.29, 1.82) is 0 Å². The molecule has 2 amide bonds. The average molecular weight is 478 g/mol. The highest BCUT2D eigenvalue weighted by molar-refractivity contribution is 9.10. The van der Waals surface area contributed by atoms with Crippen molar-refractivity contribution in [2.24, 2.45) is 0 Å². The highest BCUT2D eigenvalue weighted by atomic mass is 79.9. The summed E-state index contributed by atoms with van der Waals surface area (Å²) in [7, 11) is 0. The predicted molar refractivity (Wildman–Crippen MR) is 109 cm³/mol. The number of benzene rings is 2. The first-order chi connectivity index (χ1) is 14.3. The molecule has 2 aromatic carbocycles. The van der Waals surface area contributed by atoms with Crippen molar-refractivity contribution in [3.63, 3.8) is 0 Å². The molecule has 0 heterocycles. The molecule has 2 rings (SSSR count). The van der Waals surface area contributed by atoms with E-state index in [2.05, 4.69) is 26.8 Å². The minimum absolute atomic E-state index is 0.174. The number of ether oxygens (including phenoxy) is 2. The molecule has 2 N–H and O–H groups in total. The highest BCUT2D eigenvalue weighted by Crippen LogP contribution is 2.19. The normalized spacial score (nSPS) is 10.3. The smallest absolute Gasteiger partial charge is 0.331 e. The molecule has 0 saturated heterocycles. The van der Waals surface area contributed by atoms with Gasteiger partial charge < -0.3 is 9.47 Å². The van der Waals surface area contributed by atoms with Gasteiger partial charge in [0.25, 0.3) is 17.5 Å². The Balaban J connectivity index is 1.70. The van der Waals surface area contributed by atoms with Gasteiger partial charge >= 0.3 is 5.97 Å². The van der Waals surface area contributed by atoms with Crippen molar-refractivity contribution in [1.82, 2.24) is 10.9 Å². The Labute approximate surface area is 179 Å². The van der Waals surface area contributed by atoms with Gasteiger partial charge in [0, 0.05) is 16.6 Å². The summed E-state index contributed by atoms with van der Waals surface area (Å²) in [5.74, 6) is -1.81. The van der Waals surface area contributed by atoms with Crippen molar-refractivity contribution >= 4 is 45.5 Å². The lowest BCUT2D eigenvalue weighted by molar-refractivity contribution is -0.385. The Kier molecular flexibility index (Phi) is 8.51. The molecule has 2 aromatic rings. The highest BCUT2D eigenvalue weighted by Gasteiger charge is 2.11. The molecule has 0 atom stereocenters. The zero-order valence-corrected chi connectivity index (χ0v) is 17.0. The summed E-state index contributed by atoms with van der Waals surface area (Å²) >= 11 is 3.27. The predicted octanol–water partition coefficient (Wildman–Crippen LogP) is 2.14. The van der Waals surface area contributed by atoms with Crippen molar-refractivity contribution in [2.45, 2.75) is 0 Å². The maximum atomic E-state index is 11.7. The SMILES string of the molecule is O=C(COC(=O)C=Cc1ccccc1[N+](=O)[O-])NNC(=O)COc1ccc(Br)cc1. The first-order valence-electron chi connectivity index (χ1n) is 8.39. The molecule has 0 unspecified atom stereocenters. The van der Waals surface area contributed by atoms with Crippen LogP contribution in [0.15, 0.2) is 59.1 Å². The number of esters is 1. The van der Waals surface area contributed by atoms with Crippen LogP contribution < -0.4 is 15.6 Å². The van der Waals surface area contributed by atoms with Gasteiger partial charge in [0.1, 0.15) is 5.75 Å². The van der Waals surface area contributed by atoms with E-state index in [-0.39, 0.29) is 17.9 Å². The number of amides is 2. The zero-order chi connectivity index (χ0) is 21.9. The lowest BCUT2D eigenvalue weighted by atomic mass is 10.1. The number of nitro benzene ring substituents is 1. The number of nitrogens with zero attached hydrogens (tertiary/aromatic N) is 1. The summed E-state index contributed by atoms with van der Waals surface area (Å²) < 4.78 is 10.8. The molecule has 0 spiro atoms. The summed E-state index contributed by atoms with van der Waals surface area (Å²) in [6.45, 7) is -0.992. The number of hydrazine groups is 1. The van der Waals surface area contributed by atoms with Crippen LogP contribution in [0.4, 0.5) is 5.69 Å². The molecule has 0 bridgehead atoms. The zero-order valence-electron chi connectivity index (χ0n) is 15.4. The van der Waals surface area contributed by atoms with Gasteiger partial charge in [-0.2, -0.15) is 0 Å². The number of carbonyl (C=O) groups excluding carboxylic acids is 3. The van der Waals surface area contributed by atoms with Gasteiger partial charge in [-0.15, -0.1) is 0 Å². The van der Waals surface area contributed by atoms with Gasteiger partial charge in [-0.25, -0.2) is 4.79 Å². The van der Waals surface area contributed by atoms with E-state index in [4.69, 9.17) is 9.47 Å². The molecule has 0 aromatic heterocycles. The molecular weight excluding hydrogens is 462 g/mol. The van der Waals surface area contributed by atoms with E-state index in [1.165, 1.54) is 24.3 Å². The van der Waals surface area contributed by atoms with E-state index in [0.717, 1.165) is 10.5 Å². The topological polar surface area (TPSA) is 137 Å². The van der Waals surface area contributed by atoms with Gasteiger partial charge in [-0.1, -0.05) is 28.1 Å². The number of nitrogens with one attached hydrogen (secondary N) is 2. The first kappa shape index (κ1) is 22.6. The Bertz CT molecular complexity index is 961. The molecule has 10 nitrogen and oxygen atoms in total. The second-order valence-corrected chi connectivity index (χ2v) is 6.51. The van der Waals surface area contributed by atoms with Crippen LogP contribution in [0.5, 0.6) is 5.75 Å². The summed E-state index contributed by atoms with van der Waals surface area (Å²) in [4.78, 5) is 45.2. The number of nitro groups is 1. The third-order valence-corrected chi connectivity index (χ3v) is 3.93. The molecule has 0 aliphatic rings. The van der Waals surface area contributed by atoms with Crippen LogP contribution in [-0.2, 0) is 19.1 Å². The van der Waals surface area contributed by atoms with Crippen molar-refractivity contribution in [2.75, 3.05) is 13.2 Å². The van der Waals surface area contributed by atoms with Crippen LogP contribution in [0.2, 0.25) is 0 Å². The summed E-state index contributed by atoms with van der Waals surface area (Å²) in [5.41, 5.74) is 4.21. The quantitative estimate of drug-likeness (QED) is 0.257. The molecule has 0 radical (unpaired) electrons. The molecule has 11 heteroatoms. The molecule has 0 saturated carbocycles. The molecular formula is C19H16BrN3O7. The van der Waals surface area contributed by atoms with E-state index < -0.39 is 29.3 Å². The summed E-state index contributed by atoms with van der Waals surface area (Å²) in [5, 5.41) is 10.9. The standard InChI is InChI=1S/C19H16BrN3O7/c20-14-6-8-15(9-7-14)29-11-17(24)21-22-18(25)12-30-19(26)10-5-13-3-1-2-4-16(13)23(27)28/h1-10H,11-12H2,(H,21,24)(H,22,25). The fourth-order valence-electron chi connectivity index (χ4n) is 2.03. The van der Waals surface area contributed by atoms with Crippen LogP contribution in [0.3, 0.4) is 0 Å².